The molecule has 21 heavy (non-hydrogen) atoms. The van der Waals surface area contributed by atoms with Gasteiger partial charge in [-0.15, -0.1) is 0 Å². The van der Waals surface area contributed by atoms with Crippen molar-refractivity contribution in [2.75, 3.05) is 32.7 Å². The molecular weight excluding hydrogens is 268 g/mol. The van der Waals surface area contributed by atoms with Crippen LogP contribution >= 0.6 is 0 Å². The summed E-state index contributed by atoms with van der Waals surface area (Å²) < 4.78 is 0. The lowest BCUT2D eigenvalue weighted by molar-refractivity contribution is -0.149. The lowest BCUT2D eigenvalue weighted by Crippen LogP contribution is -2.51. The van der Waals surface area contributed by atoms with Crippen molar-refractivity contribution in [2.24, 2.45) is 17.8 Å². The number of piperazine rings is 1. The maximum atomic E-state index is 12.5. The van der Waals surface area contributed by atoms with Crippen LogP contribution in [0.4, 0.5) is 0 Å². The standard InChI is InChI=1S/C16H28N2O3/c1-12(2)6-7-17-8-10-18(11-9-17)15(19)13-4-3-5-14(13)16(20)21/h12-14H,3-11H2,1-2H3,(H,20,21)/t13-,14+/m1/s1. The molecule has 5 nitrogen and oxygen atoms in total. The Bertz CT molecular complexity index is 376. The van der Waals surface area contributed by atoms with Crippen molar-refractivity contribution in [1.82, 2.24) is 9.80 Å². The van der Waals surface area contributed by atoms with Gasteiger partial charge in [0.05, 0.1) is 11.8 Å². The van der Waals surface area contributed by atoms with Gasteiger partial charge in [-0.3, -0.25) is 14.5 Å². The third-order valence-electron chi connectivity index (χ3n) is 4.86. The Morgan fingerprint density at radius 1 is 1.10 bits per heavy atom. The van der Waals surface area contributed by atoms with Crippen LogP contribution in [0.25, 0.3) is 0 Å². The Balaban J connectivity index is 1.81. The first-order valence-corrected chi connectivity index (χ1v) is 8.23. The first kappa shape index (κ1) is 16.3. The van der Waals surface area contributed by atoms with E-state index in [9.17, 15) is 14.7 Å². The van der Waals surface area contributed by atoms with E-state index in [1.54, 1.807) is 0 Å². The summed E-state index contributed by atoms with van der Waals surface area (Å²) in [4.78, 5) is 28.0. The number of rotatable bonds is 5. The number of carbonyl (C=O) groups excluding carboxylic acids is 1. The van der Waals surface area contributed by atoms with Crippen LogP contribution in [0.5, 0.6) is 0 Å². The number of hydrogen-bond acceptors (Lipinski definition) is 3. The van der Waals surface area contributed by atoms with Crippen LogP contribution in [0.2, 0.25) is 0 Å². The highest BCUT2D eigenvalue weighted by Crippen LogP contribution is 2.33. The predicted molar refractivity (Wildman–Crippen MR) is 80.9 cm³/mol. The van der Waals surface area contributed by atoms with Gasteiger partial charge in [-0.2, -0.15) is 0 Å². The van der Waals surface area contributed by atoms with Gasteiger partial charge in [-0.05, 0) is 31.7 Å². The zero-order valence-electron chi connectivity index (χ0n) is 13.3. The smallest absolute Gasteiger partial charge is 0.307 e. The molecule has 2 aliphatic rings. The Hall–Kier alpha value is -1.10. The average molecular weight is 296 g/mol. The summed E-state index contributed by atoms with van der Waals surface area (Å²) in [5.74, 6) is -0.773. The summed E-state index contributed by atoms with van der Waals surface area (Å²) in [5, 5.41) is 9.22. The summed E-state index contributed by atoms with van der Waals surface area (Å²) >= 11 is 0. The molecule has 0 spiro atoms. The van der Waals surface area contributed by atoms with Gasteiger partial charge < -0.3 is 10.0 Å². The molecule has 2 atom stereocenters. The summed E-state index contributed by atoms with van der Waals surface area (Å²) in [6, 6.07) is 0. The van der Waals surface area contributed by atoms with Gasteiger partial charge in [0.1, 0.15) is 0 Å². The minimum absolute atomic E-state index is 0.0726. The summed E-state index contributed by atoms with van der Waals surface area (Å²) in [6.07, 6.45) is 3.45. The van der Waals surface area contributed by atoms with Crippen molar-refractivity contribution in [3.8, 4) is 0 Å². The fraction of sp³-hybridized carbons (Fsp3) is 0.875. The molecule has 2 rings (SSSR count). The van der Waals surface area contributed by atoms with Crippen molar-refractivity contribution in [3.05, 3.63) is 0 Å². The van der Waals surface area contributed by atoms with E-state index in [1.165, 1.54) is 6.42 Å². The third-order valence-corrected chi connectivity index (χ3v) is 4.86. The number of nitrogens with zero attached hydrogens (tertiary/aromatic N) is 2. The molecule has 2 fully saturated rings. The highest BCUT2D eigenvalue weighted by Gasteiger charge is 2.40. The Kier molecular flexibility index (Phi) is 5.62. The van der Waals surface area contributed by atoms with E-state index in [-0.39, 0.29) is 11.8 Å². The first-order chi connectivity index (χ1) is 9.99. The van der Waals surface area contributed by atoms with E-state index in [0.29, 0.717) is 12.3 Å². The Morgan fingerprint density at radius 3 is 2.29 bits per heavy atom. The maximum Gasteiger partial charge on any atom is 0.307 e. The van der Waals surface area contributed by atoms with E-state index in [2.05, 4.69) is 18.7 Å². The van der Waals surface area contributed by atoms with Crippen molar-refractivity contribution in [3.63, 3.8) is 0 Å². The van der Waals surface area contributed by atoms with Crippen LogP contribution in [0.3, 0.4) is 0 Å². The molecule has 1 N–H and O–H groups in total. The fourth-order valence-electron chi connectivity index (χ4n) is 3.42. The van der Waals surface area contributed by atoms with E-state index in [0.717, 1.165) is 45.6 Å². The van der Waals surface area contributed by atoms with Crippen LogP contribution < -0.4 is 0 Å². The lowest BCUT2D eigenvalue weighted by atomic mass is 9.94. The predicted octanol–water partition coefficient (Wildman–Crippen LogP) is 1.68. The molecule has 0 aromatic carbocycles. The van der Waals surface area contributed by atoms with E-state index in [1.807, 2.05) is 4.90 Å². The second kappa shape index (κ2) is 7.25. The van der Waals surface area contributed by atoms with Crippen LogP contribution in [0.15, 0.2) is 0 Å². The van der Waals surface area contributed by atoms with Gasteiger partial charge >= 0.3 is 5.97 Å². The molecule has 1 saturated carbocycles. The molecule has 1 aliphatic heterocycles. The molecule has 0 unspecified atom stereocenters. The molecular formula is C16H28N2O3. The lowest BCUT2D eigenvalue weighted by Gasteiger charge is -2.36. The number of amides is 1. The monoisotopic (exact) mass is 296 g/mol. The number of hydrogen-bond donors (Lipinski definition) is 1. The van der Waals surface area contributed by atoms with E-state index >= 15 is 0 Å². The van der Waals surface area contributed by atoms with E-state index in [4.69, 9.17) is 0 Å². The summed E-state index contributed by atoms with van der Waals surface area (Å²) in [7, 11) is 0. The van der Waals surface area contributed by atoms with Gasteiger partial charge in [0.15, 0.2) is 0 Å². The van der Waals surface area contributed by atoms with Crippen LogP contribution in [-0.4, -0.2) is 59.5 Å². The summed E-state index contributed by atoms with van der Waals surface area (Å²) in [6.45, 7) is 8.89. The molecule has 1 amide bonds. The highest BCUT2D eigenvalue weighted by molar-refractivity contribution is 5.85. The van der Waals surface area contributed by atoms with Gasteiger partial charge in [0.25, 0.3) is 0 Å². The summed E-state index contributed by atoms with van der Waals surface area (Å²) in [5.41, 5.74) is 0. The molecule has 1 saturated heterocycles. The van der Waals surface area contributed by atoms with Crippen molar-refractivity contribution in [1.29, 1.82) is 0 Å². The molecule has 0 aromatic rings. The number of carbonyl (C=O) groups is 2. The number of aliphatic carboxylic acids is 1. The van der Waals surface area contributed by atoms with Crippen molar-refractivity contribution >= 4 is 11.9 Å². The zero-order valence-corrected chi connectivity index (χ0v) is 13.3. The number of carboxylic acids is 1. The van der Waals surface area contributed by atoms with Gasteiger partial charge in [-0.25, -0.2) is 0 Å². The molecule has 1 aliphatic carbocycles. The zero-order chi connectivity index (χ0) is 15.4. The molecule has 5 heteroatoms. The topological polar surface area (TPSA) is 60.9 Å². The maximum absolute atomic E-state index is 12.5. The number of carboxylic acid groups (broad SMARTS) is 1. The minimum Gasteiger partial charge on any atom is -0.481 e. The van der Waals surface area contributed by atoms with E-state index < -0.39 is 11.9 Å². The van der Waals surface area contributed by atoms with Crippen LogP contribution in [0, 0.1) is 17.8 Å². The van der Waals surface area contributed by atoms with Crippen LogP contribution in [-0.2, 0) is 9.59 Å². The Morgan fingerprint density at radius 2 is 1.71 bits per heavy atom. The highest BCUT2D eigenvalue weighted by atomic mass is 16.4. The minimum atomic E-state index is -0.804. The normalized spacial score (nSPS) is 27.3. The van der Waals surface area contributed by atoms with Gasteiger partial charge in [0, 0.05) is 26.2 Å². The average Bonchev–Trinajstić information content (AvgIpc) is 2.94. The van der Waals surface area contributed by atoms with Gasteiger partial charge in [-0.1, -0.05) is 20.3 Å². The van der Waals surface area contributed by atoms with Crippen molar-refractivity contribution < 1.29 is 14.7 Å². The second-order valence-corrected chi connectivity index (χ2v) is 6.83. The van der Waals surface area contributed by atoms with Crippen molar-refractivity contribution in [2.45, 2.75) is 39.5 Å². The Labute approximate surface area is 127 Å². The first-order valence-electron chi connectivity index (χ1n) is 8.23. The molecule has 120 valence electrons. The second-order valence-electron chi connectivity index (χ2n) is 6.83. The SMILES string of the molecule is CC(C)CCN1CCN(C(=O)[C@@H]2CCC[C@@H]2C(=O)O)CC1. The molecule has 1 heterocycles. The third kappa shape index (κ3) is 4.19. The quantitative estimate of drug-likeness (QED) is 0.838. The molecule has 0 radical (unpaired) electrons. The molecule has 0 aromatic heterocycles. The van der Waals surface area contributed by atoms with Crippen LogP contribution in [0.1, 0.15) is 39.5 Å². The van der Waals surface area contributed by atoms with Gasteiger partial charge in [0.2, 0.25) is 5.91 Å². The molecule has 0 bridgehead atoms. The largest absolute Gasteiger partial charge is 0.481 e. The fourth-order valence-corrected chi connectivity index (χ4v) is 3.42.